The third-order valence-corrected chi connectivity index (χ3v) is 5.40. The highest BCUT2D eigenvalue weighted by molar-refractivity contribution is 7.12. The Balaban J connectivity index is 1.75. The molecule has 3 heterocycles. The number of imidazole rings is 1. The van der Waals surface area contributed by atoms with Crippen LogP contribution in [-0.4, -0.2) is 42.2 Å². The molecule has 0 spiro atoms. The SMILES string of the molecule is C#Cc1cc2nnsc2cc1Cc1nc2c(N)nc(F)nc2n1CCNCC(C)C. The van der Waals surface area contributed by atoms with E-state index in [0.29, 0.717) is 42.4 Å². The van der Waals surface area contributed by atoms with E-state index in [2.05, 4.69) is 49.6 Å². The molecule has 0 saturated carbocycles. The van der Waals surface area contributed by atoms with Gasteiger partial charge in [-0.1, -0.05) is 24.3 Å². The minimum atomic E-state index is -0.871. The van der Waals surface area contributed by atoms with Crippen molar-refractivity contribution >= 4 is 38.7 Å². The highest BCUT2D eigenvalue weighted by atomic mass is 32.1. The van der Waals surface area contributed by atoms with E-state index in [-0.39, 0.29) is 5.82 Å². The van der Waals surface area contributed by atoms with Crippen LogP contribution in [0.15, 0.2) is 12.1 Å². The quantitative estimate of drug-likeness (QED) is 0.266. The Labute approximate surface area is 176 Å². The number of fused-ring (bicyclic) bond motifs is 2. The zero-order valence-corrected chi connectivity index (χ0v) is 17.5. The van der Waals surface area contributed by atoms with Gasteiger partial charge < -0.3 is 15.6 Å². The Morgan fingerprint density at radius 2 is 2.13 bits per heavy atom. The Bertz CT molecular complexity index is 1250. The molecule has 4 rings (SSSR count). The lowest BCUT2D eigenvalue weighted by molar-refractivity contribution is 0.517. The molecule has 0 bridgehead atoms. The topological polar surface area (TPSA) is 107 Å². The molecule has 0 aliphatic rings. The lowest BCUT2D eigenvalue weighted by Gasteiger charge is -2.12. The first-order valence-electron chi connectivity index (χ1n) is 9.56. The summed E-state index contributed by atoms with van der Waals surface area (Å²) >= 11 is 1.31. The highest BCUT2D eigenvalue weighted by Gasteiger charge is 2.18. The molecule has 0 fully saturated rings. The molecule has 0 saturated heterocycles. The first-order valence-corrected chi connectivity index (χ1v) is 10.3. The van der Waals surface area contributed by atoms with Gasteiger partial charge in [-0.15, -0.1) is 11.5 Å². The summed E-state index contributed by atoms with van der Waals surface area (Å²) in [7, 11) is 0. The number of benzene rings is 1. The molecule has 0 radical (unpaired) electrons. The lowest BCUT2D eigenvalue weighted by atomic mass is 10.0. The van der Waals surface area contributed by atoms with Crippen LogP contribution in [0.1, 0.15) is 30.8 Å². The summed E-state index contributed by atoms with van der Waals surface area (Å²) < 4.78 is 20.7. The van der Waals surface area contributed by atoms with Crippen molar-refractivity contribution in [1.29, 1.82) is 0 Å². The van der Waals surface area contributed by atoms with Gasteiger partial charge in [-0.3, -0.25) is 0 Å². The molecule has 154 valence electrons. The minimum Gasteiger partial charge on any atom is -0.382 e. The van der Waals surface area contributed by atoms with E-state index in [1.807, 2.05) is 16.7 Å². The highest BCUT2D eigenvalue weighted by Crippen LogP contribution is 2.25. The normalized spacial score (nSPS) is 11.6. The third kappa shape index (κ3) is 3.94. The molecule has 3 N–H and O–H groups in total. The van der Waals surface area contributed by atoms with E-state index in [9.17, 15) is 4.39 Å². The van der Waals surface area contributed by atoms with Gasteiger partial charge in [0, 0.05) is 25.1 Å². The van der Waals surface area contributed by atoms with Crippen molar-refractivity contribution < 1.29 is 4.39 Å². The van der Waals surface area contributed by atoms with Crippen molar-refractivity contribution in [3.63, 3.8) is 0 Å². The van der Waals surface area contributed by atoms with Gasteiger partial charge >= 0.3 is 6.08 Å². The molecule has 1 aromatic carbocycles. The van der Waals surface area contributed by atoms with Crippen molar-refractivity contribution in [2.75, 3.05) is 18.8 Å². The molecule has 3 aromatic heterocycles. The number of nitrogens with zero attached hydrogens (tertiary/aromatic N) is 6. The Hall–Kier alpha value is -3.16. The fourth-order valence-corrected chi connectivity index (χ4v) is 3.92. The zero-order valence-electron chi connectivity index (χ0n) is 16.7. The van der Waals surface area contributed by atoms with Gasteiger partial charge in [0.05, 0.1) is 4.70 Å². The maximum atomic E-state index is 13.9. The molecule has 10 heteroatoms. The molecule has 0 aliphatic carbocycles. The second-order valence-corrected chi connectivity index (χ2v) is 8.18. The minimum absolute atomic E-state index is 0.0203. The van der Waals surface area contributed by atoms with Crippen molar-refractivity contribution in [2.24, 2.45) is 5.92 Å². The van der Waals surface area contributed by atoms with Crippen LogP contribution in [0.3, 0.4) is 0 Å². The van der Waals surface area contributed by atoms with E-state index >= 15 is 0 Å². The predicted molar refractivity (Wildman–Crippen MR) is 116 cm³/mol. The van der Waals surface area contributed by atoms with Crippen LogP contribution < -0.4 is 11.1 Å². The van der Waals surface area contributed by atoms with Crippen LogP contribution in [0, 0.1) is 24.3 Å². The number of hydrogen-bond acceptors (Lipinski definition) is 8. The molecule has 30 heavy (non-hydrogen) atoms. The van der Waals surface area contributed by atoms with Gasteiger partial charge in [0.25, 0.3) is 0 Å². The smallest absolute Gasteiger partial charge is 0.312 e. The standard InChI is InChI=1S/C20H21FN8S/c1-4-12-7-14-15(30-28-27-14)8-13(12)9-16-24-17-18(22)25-20(21)26-19(17)29(16)6-5-23-10-11(2)3/h1,7-8,11,23H,5-6,9-10H2,2-3H3,(H2,22,25,26). The number of halogens is 1. The van der Waals surface area contributed by atoms with E-state index in [1.165, 1.54) is 11.5 Å². The summed E-state index contributed by atoms with van der Waals surface area (Å²) in [4.78, 5) is 12.2. The number of nitrogens with two attached hydrogens (primary N) is 1. The largest absolute Gasteiger partial charge is 0.382 e. The van der Waals surface area contributed by atoms with Crippen LogP contribution in [0.2, 0.25) is 0 Å². The lowest BCUT2D eigenvalue weighted by Crippen LogP contribution is -2.25. The number of nitrogen functional groups attached to an aromatic ring is 1. The van der Waals surface area contributed by atoms with Crippen LogP contribution in [0.4, 0.5) is 10.2 Å². The zero-order chi connectivity index (χ0) is 21.3. The van der Waals surface area contributed by atoms with Crippen LogP contribution >= 0.6 is 11.5 Å². The summed E-state index contributed by atoms with van der Waals surface area (Å²) in [5.41, 5.74) is 9.08. The Kier molecular flexibility index (Phi) is 5.57. The monoisotopic (exact) mass is 424 g/mol. The van der Waals surface area contributed by atoms with Crippen molar-refractivity contribution in [2.45, 2.75) is 26.8 Å². The number of terminal acetylenes is 1. The molecule has 0 unspecified atom stereocenters. The fraction of sp³-hybridized carbons (Fsp3) is 0.350. The second-order valence-electron chi connectivity index (χ2n) is 7.40. The van der Waals surface area contributed by atoms with Crippen molar-refractivity contribution in [3.8, 4) is 12.3 Å². The van der Waals surface area contributed by atoms with Gasteiger partial charge in [0.1, 0.15) is 11.3 Å². The maximum absolute atomic E-state index is 13.9. The van der Waals surface area contributed by atoms with E-state index in [0.717, 1.165) is 27.9 Å². The first-order chi connectivity index (χ1) is 14.5. The summed E-state index contributed by atoms with van der Waals surface area (Å²) in [5.74, 6) is 3.95. The molecule has 4 aromatic rings. The van der Waals surface area contributed by atoms with Gasteiger partial charge in [-0.2, -0.15) is 14.4 Å². The van der Waals surface area contributed by atoms with E-state index in [1.54, 1.807) is 0 Å². The number of nitrogens with one attached hydrogen (secondary N) is 1. The second kappa shape index (κ2) is 8.30. The van der Waals surface area contributed by atoms with Crippen LogP contribution in [0.5, 0.6) is 0 Å². The third-order valence-electron chi connectivity index (χ3n) is 4.71. The van der Waals surface area contributed by atoms with Crippen LogP contribution in [-0.2, 0) is 13.0 Å². The Morgan fingerprint density at radius 3 is 2.90 bits per heavy atom. The fourth-order valence-electron chi connectivity index (χ4n) is 3.31. The average molecular weight is 425 g/mol. The number of rotatable bonds is 7. The van der Waals surface area contributed by atoms with Crippen molar-refractivity contribution in [3.05, 3.63) is 35.2 Å². The summed E-state index contributed by atoms with van der Waals surface area (Å²) in [5, 5.41) is 7.47. The summed E-state index contributed by atoms with van der Waals surface area (Å²) in [6.45, 7) is 6.40. The number of aromatic nitrogens is 6. The molecular formula is C20H21FN8S. The van der Waals surface area contributed by atoms with Gasteiger partial charge in [0.15, 0.2) is 17.0 Å². The maximum Gasteiger partial charge on any atom is 0.312 e. The van der Waals surface area contributed by atoms with E-state index < -0.39 is 6.08 Å². The predicted octanol–water partition coefficient (Wildman–Crippen LogP) is 2.37. The van der Waals surface area contributed by atoms with Gasteiger partial charge in [-0.25, -0.2) is 4.98 Å². The molecular weight excluding hydrogens is 403 g/mol. The van der Waals surface area contributed by atoms with Crippen LogP contribution in [0.25, 0.3) is 21.4 Å². The first kappa shape index (κ1) is 20.1. The van der Waals surface area contributed by atoms with Gasteiger partial charge in [-0.05, 0) is 41.7 Å². The molecule has 0 aliphatic heterocycles. The number of anilines is 1. The van der Waals surface area contributed by atoms with Gasteiger partial charge in [0.2, 0.25) is 0 Å². The summed E-state index contributed by atoms with van der Waals surface area (Å²) in [6.07, 6.45) is 5.29. The number of hydrogen-bond donors (Lipinski definition) is 2. The average Bonchev–Trinajstić information content (AvgIpc) is 3.29. The Morgan fingerprint density at radius 1 is 1.30 bits per heavy atom. The molecule has 0 atom stereocenters. The van der Waals surface area contributed by atoms with E-state index in [4.69, 9.17) is 12.2 Å². The molecule has 8 nitrogen and oxygen atoms in total. The summed E-state index contributed by atoms with van der Waals surface area (Å²) in [6, 6.07) is 3.82. The molecule has 0 amide bonds. The van der Waals surface area contributed by atoms with Crippen molar-refractivity contribution in [1.82, 2.24) is 34.4 Å².